The lowest BCUT2D eigenvalue weighted by molar-refractivity contribution is 0.0635. The largest absolute Gasteiger partial charge is 0.444 e. The molecule has 1 aromatic rings. The van der Waals surface area contributed by atoms with E-state index in [0.717, 1.165) is 6.07 Å². The fourth-order valence-electron chi connectivity index (χ4n) is 1.26. The molecule has 0 fully saturated rings. The summed E-state index contributed by atoms with van der Waals surface area (Å²) in [5, 5.41) is 11.1. The summed E-state index contributed by atoms with van der Waals surface area (Å²) in [7, 11) is 0. The van der Waals surface area contributed by atoms with E-state index in [0.29, 0.717) is 0 Å². The van der Waals surface area contributed by atoms with Crippen LogP contribution in [0.3, 0.4) is 0 Å². The topological polar surface area (TPSA) is 58.6 Å². The van der Waals surface area contributed by atoms with Crippen LogP contribution < -0.4 is 5.32 Å². The standard InChI is InChI=1S/C12H15F2NO3/c1-12(2,3)18-11(17)15-10-7(6-16)4-5-8(13)9(10)14/h4-5,16H,6H2,1-3H3,(H,15,17). The fraction of sp³-hybridized carbons (Fsp3) is 0.417. The molecule has 1 amide bonds. The third kappa shape index (κ3) is 3.66. The van der Waals surface area contributed by atoms with E-state index in [-0.39, 0.29) is 5.56 Å². The van der Waals surface area contributed by atoms with Crippen molar-refractivity contribution in [1.82, 2.24) is 0 Å². The SMILES string of the molecule is CC(C)(C)OC(=O)Nc1c(CO)ccc(F)c1F. The number of aliphatic hydroxyl groups excluding tert-OH is 1. The molecule has 0 saturated carbocycles. The summed E-state index contributed by atoms with van der Waals surface area (Å²) in [6.45, 7) is 4.40. The van der Waals surface area contributed by atoms with Crippen molar-refractivity contribution in [3.05, 3.63) is 29.3 Å². The minimum absolute atomic E-state index is 0.0692. The number of hydrogen-bond donors (Lipinski definition) is 2. The quantitative estimate of drug-likeness (QED) is 0.858. The van der Waals surface area contributed by atoms with Gasteiger partial charge in [-0.25, -0.2) is 13.6 Å². The number of aliphatic hydroxyl groups is 1. The van der Waals surface area contributed by atoms with Crippen LogP contribution in [0.1, 0.15) is 26.3 Å². The molecule has 0 saturated heterocycles. The number of benzene rings is 1. The summed E-state index contributed by atoms with van der Waals surface area (Å²) in [5.74, 6) is -2.34. The van der Waals surface area contributed by atoms with Gasteiger partial charge in [0.1, 0.15) is 5.60 Å². The summed E-state index contributed by atoms with van der Waals surface area (Å²) in [6, 6.07) is 2.06. The van der Waals surface area contributed by atoms with Crippen molar-refractivity contribution in [1.29, 1.82) is 0 Å². The van der Waals surface area contributed by atoms with Gasteiger partial charge in [0.2, 0.25) is 0 Å². The normalized spacial score (nSPS) is 11.2. The number of halogens is 2. The van der Waals surface area contributed by atoms with Crippen molar-refractivity contribution >= 4 is 11.8 Å². The summed E-state index contributed by atoms with van der Waals surface area (Å²) >= 11 is 0. The van der Waals surface area contributed by atoms with Crippen LogP contribution >= 0.6 is 0 Å². The molecule has 4 nitrogen and oxygen atoms in total. The van der Waals surface area contributed by atoms with Gasteiger partial charge in [-0.1, -0.05) is 6.07 Å². The van der Waals surface area contributed by atoms with Crippen molar-refractivity contribution in [2.45, 2.75) is 33.0 Å². The molecule has 1 rings (SSSR count). The lowest BCUT2D eigenvalue weighted by atomic mass is 10.1. The van der Waals surface area contributed by atoms with E-state index in [1.54, 1.807) is 20.8 Å². The number of hydrogen-bond acceptors (Lipinski definition) is 3. The van der Waals surface area contributed by atoms with E-state index in [2.05, 4.69) is 5.32 Å². The predicted molar refractivity (Wildman–Crippen MR) is 62.1 cm³/mol. The Labute approximate surface area is 104 Å². The van der Waals surface area contributed by atoms with Crippen molar-refractivity contribution in [3.63, 3.8) is 0 Å². The fourth-order valence-corrected chi connectivity index (χ4v) is 1.26. The minimum Gasteiger partial charge on any atom is -0.444 e. The summed E-state index contributed by atoms with van der Waals surface area (Å²) in [6.07, 6.45) is -0.915. The molecule has 0 aromatic heterocycles. The first-order valence-electron chi connectivity index (χ1n) is 5.32. The Morgan fingerprint density at radius 2 is 2.00 bits per heavy atom. The molecule has 18 heavy (non-hydrogen) atoms. The van der Waals surface area contributed by atoms with Crippen LogP contribution in [-0.4, -0.2) is 16.8 Å². The molecule has 0 aliphatic carbocycles. The highest BCUT2D eigenvalue weighted by Gasteiger charge is 2.20. The Balaban J connectivity index is 2.96. The van der Waals surface area contributed by atoms with E-state index >= 15 is 0 Å². The van der Waals surface area contributed by atoms with E-state index < -0.39 is 35.6 Å². The summed E-state index contributed by atoms with van der Waals surface area (Å²) < 4.78 is 31.4. The number of carbonyl (C=O) groups is 1. The zero-order valence-electron chi connectivity index (χ0n) is 10.4. The molecule has 0 aliphatic heterocycles. The van der Waals surface area contributed by atoms with Crippen LogP contribution in [0, 0.1) is 11.6 Å². The molecule has 0 atom stereocenters. The van der Waals surface area contributed by atoms with Crippen LogP contribution in [0.2, 0.25) is 0 Å². The first kappa shape index (κ1) is 14.4. The predicted octanol–water partition coefficient (Wildman–Crippen LogP) is 2.80. The molecular weight excluding hydrogens is 244 g/mol. The zero-order chi connectivity index (χ0) is 13.9. The van der Waals surface area contributed by atoms with E-state index in [1.165, 1.54) is 6.07 Å². The second-order valence-corrected chi connectivity index (χ2v) is 4.68. The summed E-state index contributed by atoms with van der Waals surface area (Å²) in [5.41, 5.74) is -1.10. The third-order valence-electron chi connectivity index (χ3n) is 1.98. The van der Waals surface area contributed by atoms with Gasteiger partial charge in [-0.15, -0.1) is 0 Å². The molecule has 100 valence electrons. The molecule has 0 unspecified atom stereocenters. The lowest BCUT2D eigenvalue weighted by Gasteiger charge is -2.20. The van der Waals surface area contributed by atoms with Crippen LogP contribution in [0.4, 0.5) is 19.3 Å². The van der Waals surface area contributed by atoms with E-state index in [1.807, 2.05) is 0 Å². The number of amides is 1. The van der Waals surface area contributed by atoms with E-state index in [9.17, 15) is 13.6 Å². The number of nitrogens with one attached hydrogen (secondary N) is 1. The molecule has 0 bridgehead atoms. The minimum atomic E-state index is -1.23. The second kappa shape index (κ2) is 5.30. The lowest BCUT2D eigenvalue weighted by Crippen LogP contribution is -2.28. The van der Waals surface area contributed by atoms with Gasteiger partial charge in [0.05, 0.1) is 12.3 Å². The van der Waals surface area contributed by atoms with Crippen molar-refractivity contribution in [3.8, 4) is 0 Å². The van der Waals surface area contributed by atoms with Crippen molar-refractivity contribution in [2.75, 3.05) is 5.32 Å². The molecular formula is C12H15F2NO3. The Bertz CT molecular complexity index is 455. The molecule has 0 radical (unpaired) electrons. The van der Waals surface area contributed by atoms with Gasteiger partial charge in [-0.3, -0.25) is 5.32 Å². The monoisotopic (exact) mass is 259 g/mol. The summed E-state index contributed by atoms with van der Waals surface area (Å²) in [4.78, 5) is 11.5. The maximum absolute atomic E-state index is 13.5. The molecule has 0 heterocycles. The molecule has 6 heteroatoms. The van der Waals surface area contributed by atoms with Gasteiger partial charge >= 0.3 is 6.09 Å². The van der Waals surface area contributed by atoms with Gasteiger partial charge in [0.25, 0.3) is 0 Å². The maximum atomic E-state index is 13.5. The average molecular weight is 259 g/mol. The molecule has 2 N–H and O–H groups in total. The van der Waals surface area contributed by atoms with Gasteiger partial charge < -0.3 is 9.84 Å². The number of carbonyl (C=O) groups excluding carboxylic acids is 1. The van der Waals surface area contributed by atoms with Crippen LogP contribution in [0.15, 0.2) is 12.1 Å². The Hall–Kier alpha value is -1.69. The van der Waals surface area contributed by atoms with Crippen molar-refractivity contribution < 1.29 is 23.4 Å². The van der Waals surface area contributed by atoms with Crippen molar-refractivity contribution in [2.24, 2.45) is 0 Å². The second-order valence-electron chi connectivity index (χ2n) is 4.68. The highest BCUT2D eigenvalue weighted by Crippen LogP contribution is 2.23. The first-order chi connectivity index (χ1) is 8.24. The Kier molecular flexibility index (Phi) is 4.24. The Morgan fingerprint density at radius 3 is 2.50 bits per heavy atom. The molecule has 1 aromatic carbocycles. The highest BCUT2D eigenvalue weighted by atomic mass is 19.2. The average Bonchev–Trinajstić information content (AvgIpc) is 2.22. The molecule has 0 aliphatic rings. The molecule has 0 spiro atoms. The maximum Gasteiger partial charge on any atom is 0.412 e. The van der Waals surface area contributed by atoms with Gasteiger partial charge in [0, 0.05) is 5.56 Å². The zero-order valence-corrected chi connectivity index (χ0v) is 10.4. The number of anilines is 1. The van der Waals surface area contributed by atoms with Crippen LogP contribution in [0.5, 0.6) is 0 Å². The van der Waals surface area contributed by atoms with Crippen LogP contribution in [-0.2, 0) is 11.3 Å². The van der Waals surface area contributed by atoms with E-state index in [4.69, 9.17) is 9.84 Å². The number of ether oxygens (including phenoxy) is 1. The highest BCUT2D eigenvalue weighted by molar-refractivity contribution is 5.86. The van der Waals surface area contributed by atoms with Gasteiger partial charge in [0.15, 0.2) is 11.6 Å². The third-order valence-corrected chi connectivity index (χ3v) is 1.98. The Morgan fingerprint density at radius 1 is 1.39 bits per heavy atom. The van der Waals surface area contributed by atoms with Crippen LogP contribution in [0.25, 0.3) is 0 Å². The first-order valence-corrected chi connectivity index (χ1v) is 5.32. The van der Waals surface area contributed by atoms with Gasteiger partial charge in [-0.05, 0) is 26.8 Å². The van der Waals surface area contributed by atoms with Gasteiger partial charge in [-0.2, -0.15) is 0 Å². The smallest absolute Gasteiger partial charge is 0.412 e. The number of rotatable bonds is 2.